The molecule has 1 unspecified atom stereocenters. The lowest BCUT2D eigenvalue weighted by molar-refractivity contribution is 0.125. The molecule has 0 aromatic heterocycles. The molecule has 1 saturated heterocycles. The Balaban J connectivity index is 2.08. The summed E-state index contributed by atoms with van der Waals surface area (Å²) >= 11 is 0. The van der Waals surface area contributed by atoms with Crippen LogP contribution < -0.4 is 5.32 Å². The van der Waals surface area contributed by atoms with Gasteiger partial charge in [0.2, 0.25) is 0 Å². The summed E-state index contributed by atoms with van der Waals surface area (Å²) in [5.74, 6) is 0. The molecule has 0 saturated carbocycles. The first kappa shape index (κ1) is 13.6. The van der Waals surface area contributed by atoms with Gasteiger partial charge in [0.15, 0.2) is 0 Å². The van der Waals surface area contributed by atoms with Gasteiger partial charge in [-0.15, -0.1) is 0 Å². The van der Waals surface area contributed by atoms with E-state index in [-0.39, 0.29) is 5.54 Å². The quantitative estimate of drug-likeness (QED) is 0.863. The largest absolute Gasteiger partial charge is 0.312 e. The van der Waals surface area contributed by atoms with Gasteiger partial charge in [-0.05, 0) is 39.7 Å². The topological polar surface area (TPSA) is 15.3 Å². The van der Waals surface area contributed by atoms with Gasteiger partial charge in [-0.25, -0.2) is 0 Å². The summed E-state index contributed by atoms with van der Waals surface area (Å²) in [4.78, 5) is 2.61. The Kier molecular flexibility index (Phi) is 4.08. The molecule has 1 fully saturated rings. The third-order valence-corrected chi connectivity index (χ3v) is 4.07. The van der Waals surface area contributed by atoms with E-state index in [1.54, 1.807) is 0 Å². The maximum atomic E-state index is 3.62. The van der Waals surface area contributed by atoms with E-state index in [4.69, 9.17) is 0 Å². The normalized spacial score (nSPS) is 24.8. The van der Waals surface area contributed by atoms with Gasteiger partial charge in [0, 0.05) is 31.2 Å². The van der Waals surface area contributed by atoms with Crippen LogP contribution in [-0.4, -0.2) is 29.6 Å². The molecular weight excluding hydrogens is 220 g/mol. The van der Waals surface area contributed by atoms with E-state index >= 15 is 0 Å². The van der Waals surface area contributed by atoms with Gasteiger partial charge in [-0.1, -0.05) is 29.8 Å². The fourth-order valence-electron chi connectivity index (χ4n) is 2.50. The van der Waals surface area contributed by atoms with Crippen molar-refractivity contribution in [2.24, 2.45) is 0 Å². The minimum atomic E-state index is 0.232. The van der Waals surface area contributed by atoms with Crippen molar-refractivity contribution in [3.05, 3.63) is 35.4 Å². The van der Waals surface area contributed by atoms with Gasteiger partial charge in [0.1, 0.15) is 0 Å². The van der Waals surface area contributed by atoms with Crippen molar-refractivity contribution in [3.63, 3.8) is 0 Å². The molecule has 1 aromatic carbocycles. The van der Waals surface area contributed by atoms with Crippen LogP contribution >= 0.6 is 0 Å². The molecule has 0 aliphatic carbocycles. The summed E-state index contributed by atoms with van der Waals surface area (Å²) < 4.78 is 0. The fraction of sp³-hybridized carbons (Fsp3) is 0.625. The van der Waals surface area contributed by atoms with E-state index in [0.29, 0.717) is 6.04 Å². The fourth-order valence-corrected chi connectivity index (χ4v) is 2.50. The Morgan fingerprint density at radius 3 is 2.61 bits per heavy atom. The van der Waals surface area contributed by atoms with Gasteiger partial charge >= 0.3 is 0 Å². The number of rotatable bonds is 2. The molecule has 0 bridgehead atoms. The van der Waals surface area contributed by atoms with Crippen molar-refractivity contribution in [1.29, 1.82) is 0 Å². The van der Waals surface area contributed by atoms with Crippen LogP contribution in [0.15, 0.2) is 24.3 Å². The lowest BCUT2D eigenvalue weighted by Crippen LogP contribution is -2.48. The maximum Gasteiger partial charge on any atom is 0.0281 e. The van der Waals surface area contributed by atoms with E-state index < -0.39 is 0 Å². The SMILES string of the molecule is Cc1ccc(CN2CCC(C)NCC2(C)C)cc1. The maximum absolute atomic E-state index is 3.62. The number of nitrogens with one attached hydrogen (secondary N) is 1. The molecule has 0 amide bonds. The molecule has 0 spiro atoms. The molecule has 2 heteroatoms. The molecule has 1 N–H and O–H groups in total. The summed E-state index contributed by atoms with van der Waals surface area (Å²) in [5.41, 5.74) is 2.99. The first-order valence-corrected chi connectivity index (χ1v) is 7.01. The number of aryl methyl sites for hydroxylation is 1. The standard InChI is InChI=1S/C16H26N2/c1-13-5-7-15(8-6-13)11-18-10-9-14(2)17-12-16(18,3)4/h5-8,14,17H,9-12H2,1-4H3. The van der Waals surface area contributed by atoms with Crippen LogP contribution in [0.25, 0.3) is 0 Å². The van der Waals surface area contributed by atoms with E-state index in [1.807, 2.05) is 0 Å². The monoisotopic (exact) mass is 246 g/mol. The second-order valence-corrected chi connectivity index (χ2v) is 6.29. The zero-order valence-corrected chi connectivity index (χ0v) is 12.2. The molecule has 18 heavy (non-hydrogen) atoms. The third kappa shape index (κ3) is 3.33. The van der Waals surface area contributed by atoms with E-state index in [9.17, 15) is 0 Å². The summed E-state index contributed by atoms with van der Waals surface area (Å²) in [6.07, 6.45) is 1.23. The molecule has 2 rings (SSSR count). The average molecular weight is 246 g/mol. The Labute approximate surface area is 111 Å². The van der Waals surface area contributed by atoms with Crippen LogP contribution in [-0.2, 0) is 6.54 Å². The Morgan fingerprint density at radius 2 is 1.94 bits per heavy atom. The zero-order valence-electron chi connectivity index (χ0n) is 12.2. The third-order valence-electron chi connectivity index (χ3n) is 4.07. The van der Waals surface area contributed by atoms with Crippen molar-refractivity contribution < 1.29 is 0 Å². The summed E-state index contributed by atoms with van der Waals surface area (Å²) in [6, 6.07) is 9.56. The van der Waals surface area contributed by atoms with Crippen molar-refractivity contribution in [3.8, 4) is 0 Å². The number of nitrogens with zero attached hydrogens (tertiary/aromatic N) is 1. The molecule has 1 aliphatic rings. The van der Waals surface area contributed by atoms with Gasteiger partial charge in [-0.2, -0.15) is 0 Å². The molecule has 1 heterocycles. The van der Waals surface area contributed by atoms with Crippen molar-refractivity contribution in [2.45, 2.75) is 52.2 Å². The first-order valence-electron chi connectivity index (χ1n) is 7.01. The molecule has 0 radical (unpaired) electrons. The Morgan fingerprint density at radius 1 is 1.28 bits per heavy atom. The number of benzene rings is 1. The Bertz CT molecular complexity index is 381. The van der Waals surface area contributed by atoms with E-state index in [1.165, 1.54) is 24.1 Å². The highest BCUT2D eigenvalue weighted by molar-refractivity contribution is 5.21. The van der Waals surface area contributed by atoms with Crippen LogP contribution in [0.5, 0.6) is 0 Å². The highest BCUT2D eigenvalue weighted by atomic mass is 15.2. The zero-order chi connectivity index (χ0) is 13.2. The van der Waals surface area contributed by atoms with Crippen LogP contribution in [0.3, 0.4) is 0 Å². The molecule has 1 atom stereocenters. The molecule has 1 aromatic rings. The summed E-state index contributed by atoms with van der Waals surface area (Å²) in [7, 11) is 0. The highest BCUT2D eigenvalue weighted by Gasteiger charge is 2.29. The van der Waals surface area contributed by atoms with Crippen LogP contribution in [0, 0.1) is 6.92 Å². The highest BCUT2D eigenvalue weighted by Crippen LogP contribution is 2.21. The van der Waals surface area contributed by atoms with E-state index in [2.05, 4.69) is 62.2 Å². The van der Waals surface area contributed by atoms with Crippen LogP contribution in [0.4, 0.5) is 0 Å². The van der Waals surface area contributed by atoms with Crippen molar-refractivity contribution in [1.82, 2.24) is 10.2 Å². The van der Waals surface area contributed by atoms with Crippen LogP contribution in [0.2, 0.25) is 0 Å². The average Bonchev–Trinajstić information content (AvgIpc) is 2.45. The minimum absolute atomic E-state index is 0.232. The molecule has 100 valence electrons. The Hall–Kier alpha value is -0.860. The van der Waals surface area contributed by atoms with E-state index in [0.717, 1.165) is 13.1 Å². The lowest BCUT2D eigenvalue weighted by atomic mass is 10.0. The van der Waals surface area contributed by atoms with Gasteiger partial charge in [-0.3, -0.25) is 4.90 Å². The minimum Gasteiger partial charge on any atom is -0.312 e. The molecule has 2 nitrogen and oxygen atoms in total. The number of hydrogen-bond donors (Lipinski definition) is 1. The van der Waals surface area contributed by atoms with Crippen LogP contribution in [0.1, 0.15) is 38.3 Å². The second kappa shape index (κ2) is 5.41. The smallest absolute Gasteiger partial charge is 0.0281 e. The predicted molar refractivity (Wildman–Crippen MR) is 77.7 cm³/mol. The molecular formula is C16H26N2. The van der Waals surface area contributed by atoms with Crippen molar-refractivity contribution >= 4 is 0 Å². The summed E-state index contributed by atoms with van der Waals surface area (Å²) in [6.45, 7) is 12.4. The van der Waals surface area contributed by atoms with Gasteiger partial charge in [0.05, 0.1) is 0 Å². The van der Waals surface area contributed by atoms with Gasteiger partial charge < -0.3 is 5.32 Å². The molecule has 1 aliphatic heterocycles. The summed E-state index contributed by atoms with van der Waals surface area (Å²) in [5, 5.41) is 3.62. The number of hydrogen-bond acceptors (Lipinski definition) is 2. The van der Waals surface area contributed by atoms with Gasteiger partial charge in [0.25, 0.3) is 0 Å². The van der Waals surface area contributed by atoms with Crippen molar-refractivity contribution in [2.75, 3.05) is 13.1 Å². The first-order chi connectivity index (χ1) is 8.47. The predicted octanol–water partition coefficient (Wildman–Crippen LogP) is 2.96. The second-order valence-electron chi connectivity index (χ2n) is 6.29. The lowest BCUT2D eigenvalue weighted by Gasteiger charge is -2.37.